The Hall–Kier alpha value is -2.21. The van der Waals surface area contributed by atoms with Crippen molar-refractivity contribution in [1.82, 2.24) is 19.4 Å². The number of thioether (sulfide) groups is 1. The lowest BCUT2D eigenvalue weighted by Crippen LogP contribution is -2.22. The highest BCUT2D eigenvalue weighted by atomic mass is 32.2. The first-order chi connectivity index (χ1) is 12.9. The van der Waals surface area contributed by atoms with Crippen LogP contribution in [-0.4, -0.2) is 41.9 Å². The van der Waals surface area contributed by atoms with Crippen LogP contribution < -0.4 is 0 Å². The summed E-state index contributed by atoms with van der Waals surface area (Å²) in [6.07, 6.45) is 0. The zero-order valence-corrected chi connectivity index (χ0v) is 16.8. The molecule has 0 saturated carbocycles. The van der Waals surface area contributed by atoms with Crippen LogP contribution >= 0.6 is 23.1 Å². The van der Waals surface area contributed by atoms with Crippen molar-refractivity contribution in [3.05, 3.63) is 40.8 Å². The number of sulfonamides is 1. The molecule has 0 saturated heterocycles. The van der Waals surface area contributed by atoms with Crippen LogP contribution in [0.3, 0.4) is 0 Å². The Morgan fingerprint density at radius 1 is 1.22 bits per heavy atom. The number of hydrogen-bond acceptors (Lipinski definition) is 9. The number of fused-ring (bicyclic) bond motifs is 1. The van der Waals surface area contributed by atoms with E-state index in [1.807, 2.05) is 16.8 Å². The summed E-state index contributed by atoms with van der Waals surface area (Å²) < 4.78 is 36.5. The fourth-order valence-corrected chi connectivity index (χ4v) is 4.49. The fraction of sp³-hybridized carbons (Fsp3) is 0.188. The van der Waals surface area contributed by atoms with Crippen LogP contribution in [0, 0.1) is 0 Å². The van der Waals surface area contributed by atoms with E-state index in [2.05, 4.69) is 15.1 Å². The quantitative estimate of drug-likeness (QED) is 0.435. The molecule has 27 heavy (non-hydrogen) atoms. The summed E-state index contributed by atoms with van der Waals surface area (Å²) in [5, 5.41) is 8.24. The fourth-order valence-electron chi connectivity index (χ4n) is 2.26. The van der Waals surface area contributed by atoms with Crippen LogP contribution in [0.5, 0.6) is 0 Å². The number of rotatable bonds is 6. The van der Waals surface area contributed by atoms with E-state index in [0.717, 1.165) is 9.87 Å². The van der Waals surface area contributed by atoms with E-state index in [9.17, 15) is 8.42 Å². The molecular formula is C16H14N4O4S3. The SMILES string of the molecule is CN(C)S(=O)(=O)c1ccc2oc(SCc3noc(-c4ccsc4)n3)nc2c1. The van der Waals surface area contributed by atoms with Gasteiger partial charge in [0.15, 0.2) is 11.4 Å². The Balaban J connectivity index is 1.51. The van der Waals surface area contributed by atoms with Gasteiger partial charge in [0.25, 0.3) is 11.1 Å². The number of thiophene rings is 1. The molecule has 0 atom stereocenters. The third kappa shape index (κ3) is 3.63. The van der Waals surface area contributed by atoms with E-state index in [-0.39, 0.29) is 4.90 Å². The molecule has 3 heterocycles. The molecule has 0 N–H and O–H groups in total. The van der Waals surface area contributed by atoms with Crippen molar-refractivity contribution in [3.8, 4) is 11.5 Å². The number of oxazole rings is 1. The zero-order valence-electron chi connectivity index (χ0n) is 14.3. The Morgan fingerprint density at radius 2 is 2.07 bits per heavy atom. The minimum atomic E-state index is -3.52. The minimum absolute atomic E-state index is 0.170. The van der Waals surface area contributed by atoms with Gasteiger partial charge < -0.3 is 8.94 Å². The van der Waals surface area contributed by atoms with E-state index >= 15 is 0 Å². The zero-order chi connectivity index (χ0) is 19.0. The van der Waals surface area contributed by atoms with Gasteiger partial charge in [-0.1, -0.05) is 16.9 Å². The summed E-state index contributed by atoms with van der Waals surface area (Å²) in [4.78, 5) is 8.86. The molecule has 0 aliphatic heterocycles. The van der Waals surface area contributed by atoms with Crippen LogP contribution in [-0.2, 0) is 15.8 Å². The summed E-state index contributed by atoms with van der Waals surface area (Å²) >= 11 is 2.87. The van der Waals surface area contributed by atoms with Gasteiger partial charge in [0, 0.05) is 19.5 Å². The lowest BCUT2D eigenvalue weighted by molar-refractivity contribution is 0.425. The Morgan fingerprint density at radius 3 is 2.81 bits per heavy atom. The molecule has 140 valence electrons. The van der Waals surface area contributed by atoms with Gasteiger partial charge in [0.05, 0.1) is 16.2 Å². The molecule has 0 spiro atoms. The number of hydrogen-bond donors (Lipinski definition) is 0. The standard InChI is InChI=1S/C16H14N4O4S3/c1-20(2)27(21,22)11-3-4-13-12(7-11)17-16(23-13)26-9-14-18-15(24-19-14)10-5-6-25-8-10/h3-8H,9H2,1-2H3. The Kier molecular flexibility index (Phi) is 4.76. The van der Waals surface area contributed by atoms with Crippen molar-refractivity contribution in [2.75, 3.05) is 14.1 Å². The molecule has 1 aromatic carbocycles. The molecule has 4 rings (SSSR count). The van der Waals surface area contributed by atoms with E-state index < -0.39 is 10.0 Å². The van der Waals surface area contributed by atoms with Crippen LogP contribution in [0.4, 0.5) is 0 Å². The van der Waals surface area contributed by atoms with E-state index in [1.165, 1.54) is 38.0 Å². The normalized spacial score (nSPS) is 12.3. The monoisotopic (exact) mass is 422 g/mol. The first-order valence-corrected chi connectivity index (χ1v) is 11.1. The van der Waals surface area contributed by atoms with Gasteiger partial charge in [-0.25, -0.2) is 17.7 Å². The summed E-state index contributed by atoms with van der Waals surface area (Å²) in [7, 11) is -0.550. The van der Waals surface area contributed by atoms with Crippen molar-refractivity contribution < 1.29 is 17.4 Å². The first kappa shape index (κ1) is 18.2. The van der Waals surface area contributed by atoms with Gasteiger partial charge in [-0.15, -0.1) is 0 Å². The molecule has 8 nitrogen and oxygen atoms in total. The van der Waals surface area contributed by atoms with Crippen molar-refractivity contribution in [3.63, 3.8) is 0 Å². The first-order valence-electron chi connectivity index (χ1n) is 7.74. The third-order valence-corrected chi connectivity index (χ3v) is 7.00. The molecular weight excluding hydrogens is 408 g/mol. The second-order valence-corrected chi connectivity index (χ2v) is 9.57. The number of benzene rings is 1. The highest BCUT2D eigenvalue weighted by Crippen LogP contribution is 2.28. The van der Waals surface area contributed by atoms with Gasteiger partial charge in [-0.05, 0) is 29.6 Å². The Bertz CT molecular complexity index is 1180. The van der Waals surface area contributed by atoms with Gasteiger partial charge in [0.2, 0.25) is 10.0 Å². The van der Waals surface area contributed by atoms with Crippen LogP contribution in [0.1, 0.15) is 5.82 Å². The maximum absolute atomic E-state index is 12.2. The largest absolute Gasteiger partial charge is 0.431 e. The second kappa shape index (κ2) is 7.08. The molecule has 3 aromatic heterocycles. The molecule has 11 heteroatoms. The lowest BCUT2D eigenvalue weighted by Gasteiger charge is -2.10. The molecule has 0 aliphatic rings. The minimum Gasteiger partial charge on any atom is -0.431 e. The molecule has 0 fully saturated rings. The van der Waals surface area contributed by atoms with Gasteiger partial charge in [-0.2, -0.15) is 16.3 Å². The molecule has 4 aromatic rings. The van der Waals surface area contributed by atoms with E-state index in [0.29, 0.717) is 33.8 Å². The van der Waals surface area contributed by atoms with Gasteiger partial charge in [0.1, 0.15) is 5.52 Å². The topological polar surface area (TPSA) is 102 Å². The average molecular weight is 423 g/mol. The maximum atomic E-state index is 12.2. The van der Waals surface area contributed by atoms with Gasteiger partial charge >= 0.3 is 0 Å². The van der Waals surface area contributed by atoms with Crippen LogP contribution in [0.15, 0.2) is 54.1 Å². The van der Waals surface area contributed by atoms with Gasteiger partial charge in [-0.3, -0.25) is 0 Å². The van der Waals surface area contributed by atoms with Crippen molar-refractivity contribution in [2.45, 2.75) is 15.9 Å². The molecule has 0 amide bonds. The summed E-state index contributed by atoms with van der Waals surface area (Å²) in [6.45, 7) is 0. The van der Waals surface area contributed by atoms with Crippen molar-refractivity contribution in [1.29, 1.82) is 0 Å². The molecule has 0 radical (unpaired) electrons. The maximum Gasteiger partial charge on any atom is 0.258 e. The number of nitrogens with zero attached hydrogens (tertiary/aromatic N) is 4. The summed E-state index contributed by atoms with van der Waals surface area (Å²) in [5.41, 5.74) is 1.88. The molecule has 0 aliphatic carbocycles. The Labute approximate surface area is 163 Å². The lowest BCUT2D eigenvalue weighted by atomic mass is 10.3. The predicted octanol–water partition coefficient (Wildman–Crippen LogP) is 3.48. The highest BCUT2D eigenvalue weighted by molar-refractivity contribution is 7.98. The smallest absolute Gasteiger partial charge is 0.258 e. The van der Waals surface area contributed by atoms with E-state index in [1.54, 1.807) is 17.4 Å². The summed E-state index contributed by atoms with van der Waals surface area (Å²) in [6, 6.07) is 6.52. The average Bonchev–Trinajstić information content (AvgIpc) is 3.37. The van der Waals surface area contributed by atoms with Crippen molar-refractivity contribution >= 4 is 44.2 Å². The highest BCUT2D eigenvalue weighted by Gasteiger charge is 2.19. The summed E-state index contributed by atoms with van der Waals surface area (Å²) in [5.74, 6) is 1.42. The van der Waals surface area contributed by atoms with Crippen LogP contribution in [0.25, 0.3) is 22.6 Å². The molecule has 0 unspecified atom stereocenters. The third-order valence-electron chi connectivity index (χ3n) is 3.68. The predicted molar refractivity (Wildman–Crippen MR) is 102 cm³/mol. The van der Waals surface area contributed by atoms with E-state index in [4.69, 9.17) is 8.94 Å². The van der Waals surface area contributed by atoms with Crippen molar-refractivity contribution in [2.24, 2.45) is 0 Å². The van der Waals surface area contributed by atoms with Crippen LogP contribution in [0.2, 0.25) is 0 Å². The number of aromatic nitrogens is 3. The molecule has 0 bridgehead atoms. The second-order valence-electron chi connectivity index (χ2n) is 5.71.